The Labute approximate surface area is 111 Å². The summed E-state index contributed by atoms with van der Waals surface area (Å²) in [6.07, 6.45) is 0. The minimum absolute atomic E-state index is 0.218. The van der Waals surface area contributed by atoms with Crippen molar-refractivity contribution in [3.8, 4) is 17.6 Å². The molecule has 8 nitrogen and oxygen atoms in total. The minimum atomic E-state index is -0.561. The van der Waals surface area contributed by atoms with E-state index in [0.717, 1.165) is 0 Å². The molecule has 1 aromatic carbocycles. The van der Waals surface area contributed by atoms with E-state index in [9.17, 15) is 4.79 Å². The van der Waals surface area contributed by atoms with E-state index in [-0.39, 0.29) is 11.5 Å². The third-order valence-corrected chi connectivity index (χ3v) is 3.05. The summed E-state index contributed by atoms with van der Waals surface area (Å²) in [7, 11) is 0. The lowest BCUT2D eigenvalue weighted by atomic mass is 10.2. The van der Waals surface area contributed by atoms with E-state index in [4.69, 9.17) is 14.7 Å². The van der Waals surface area contributed by atoms with Crippen molar-refractivity contribution in [2.24, 2.45) is 0 Å². The van der Waals surface area contributed by atoms with Gasteiger partial charge in [0.05, 0.1) is 11.0 Å². The summed E-state index contributed by atoms with van der Waals surface area (Å²) in [5.41, 5.74) is 0.463. The SMILES string of the molecule is N#Cc1nc2nc3cc4c(cc3n2[nH]c1=O)OCCO4. The van der Waals surface area contributed by atoms with E-state index in [1.807, 2.05) is 0 Å². The molecule has 0 unspecified atom stereocenters. The number of H-pyrrole nitrogens is 1. The van der Waals surface area contributed by atoms with Crippen molar-refractivity contribution in [1.82, 2.24) is 19.6 Å². The van der Waals surface area contributed by atoms with Crippen LogP contribution < -0.4 is 15.0 Å². The Kier molecular flexibility index (Phi) is 2.00. The molecule has 20 heavy (non-hydrogen) atoms. The zero-order valence-corrected chi connectivity index (χ0v) is 10.1. The van der Waals surface area contributed by atoms with Gasteiger partial charge in [0.1, 0.15) is 19.3 Å². The third-order valence-electron chi connectivity index (χ3n) is 3.05. The van der Waals surface area contributed by atoms with Crippen LogP contribution in [0.2, 0.25) is 0 Å². The number of fused-ring (bicyclic) bond motifs is 4. The van der Waals surface area contributed by atoms with E-state index in [0.29, 0.717) is 35.7 Å². The molecule has 3 heterocycles. The Morgan fingerprint density at radius 1 is 1.25 bits per heavy atom. The molecule has 0 spiro atoms. The quantitative estimate of drug-likeness (QED) is 0.625. The zero-order chi connectivity index (χ0) is 13.7. The number of aromatic amines is 1. The number of rotatable bonds is 0. The lowest BCUT2D eigenvalue weighted by molar-refractivity contribution is 0.172. The van der Waals surface area contributed by atoms with Crippen LogP contribution in [-0.4, -0.2) is 32.8 Å². The topological polar surface area (TPSA) is 105 Å². The van der Waals surface area contributed by atoms with Crippen molar-refractivity contribution in [3.63, 3.8) is 0 Å². The first-order chi connectivity index (χ1) is 9.76. The lowest BCUT2D eigenvalue weighted by Crippen LogP contribution is -2.17. The molecule has 0 bridgehead atoms. The lowest BCUT2D eigenvalue weighted by Gasteiger charge is -2.17. The van der Waals surface area contributed by atoms with E-state index >= 15 is 0 Å². The van der Waals surface area contributed by atoms with E-state index in [2.05, 4.69) is 15.1 Å². The Morgan fingerprint density at radius 2 is 2.00 bits per heavy atom. The highest BCUT2D eigenvalue weighted by atomic mass is 16.6. The minimum Gasteiger partial charge on any atom is -0.486 e. The molecule has 0 saturated carbocycles. The number of imidazole rings is 1. The Hall–Kier alpha value is -3.08. The molecule has 8 heteroatoms. The number of ether oxygens (including phenoxy) is 2. The number of nitrogens with zero attached hydrogens (tertiary/aromatic N) is 4. The monoisotopic (exact) mass is 269 g/mol. The summed E-state index contributed by atoms with van der Waals surface area (Å²) in [5.74, 6) is 1.45. The highest BCUT2D eigenvalue weighted by Crippen LogP contribution is 2.34. The summed E-state index contributed by atoms with van der Waals surface area (Å²) >= 11 is 0. The third kappa shape index (κ3) is 1.37. The van der Waals surface area contributed by atoms with Gasteiger partial charge in [-0.2, -0.15) is 10.2 Å². The summed E-state index contributed by atoms with van der Waals surface area (Å²) < 4.78 is 12.4. The van der Waals surface area contributed by atoms with E-state index in [1.54, 1.807) is 18.2 Å². The number of aromatic nitrogens is 4. The van der Waals surface area contributed by atoms with Gasteiger partial charge in [0.2, 0.25) is 5.69 Å². The van der Waals surface area contributed by atoms with Crippen molar-refractivity contribution in [1.29, 1.82) is 5.26 Å². The van der Waals surface area contributed by atoms with Crippen LogP contribution in [0.4, 0.5) is 0 Å². The van der Waals surface area contributed by atoms with Gasteiger partial charge in [-0.05, 0) is 0 Å². The van der Waals surface area contributed by atoms with Crippen LogP contribution in [0.5, 0.6) is 11.5 Å². The van der Waals surface area contributed by atoms with Crippen LogP contribution in [0.15, 0.2) is 16.9 Å². The van der Waals surface area contributed by atoms with Gasteiger partial charge in [-0.3, -0.25) is 9.89 Å². The maximum absolute atomic E-state index is 11.6. The second kappa shape index (κ2) is 3.71. The summed E-state index contributed by atoms with van der Waals surface area (Å²) in [5, 5.41) is 11.4. The highest BCUT2D eigenvalue weighted by molar-refractivity contribution is 5.83. The largest absolute Gasteiger partial charge is 0.486 e. The fraction of sp³-hybridized carbons (Fsp3) is 0.167. The molecule has 4 rings (SSSR count). The normalized spacial score (nSPS) is 13.6. The zero-order valence-electron chi connectivity index (χ0n) is 10.1. The molecular weight excluding hydrogens is 262 g/mol. The number of hydrogen-bond donors (Lipinski definition) is 1. The number of nitrogens with one attached hydrogen (secondary N) is 1. The van der Waals surface area contributed by atoms with Gasteiger partial charge < -0.3 is 9.47 Å². The number of benzene rings is 1. The van der Waals surface area contributed by atoms with Crippen molar-refractivity contribution < 1.29 is 9.47 Å². The van der Waals surface area contributed by atoms with Crippen molar-refractivity contribution >= 4 is 16.8 Å². The molecule has 3 aromatic rings. The molecule has 0 saturated heterocycles. The van der Waals surface area contributed by atoms with Crippen LogP contribution in [-0.2, 0) is 0 Å². The first kappa shape index (κ1) is 10.8. The average molecular weight is 269 g/mol. The maximum Gasteiger partial charge on any atom is 0.299 e. The van der Waals surface area contributed by atoms with Crippen LogP contribution in [0.25, 0.3) is 16.8 Å². The molecule has 0 amide bonds. The smallest absolute Gasteiger partial charge is 0.299 e. The molecule has 0 fully saturated rings. The molecule has 2 aromatic heterocycles. The van der Waals surface area contributed by atoms with Gasteiger partial charge in [0.15, 0.2) is 11.5 Å². The molecule has 0 aliphatic carbocycles. The second-order valence-electron chi connectivity index (χ2n) is 4.24. The van der Waals surface area contributed by atoms with Gasteiger partial charge >= 0.3 is 0 Å². The predicted octanol–water partition coefficient (Wildman–Crippen LogP) is 0.214. The van der Waals surface area contributed by atoms with Gasteiger partial charge in [-0.15, -0.1) is 0 Å². The summed E-state index contributed by atoms with van der Waals surface area (Å²) in [4.78, 5) is 19.8. The summed E-state index contributed by atoms with van der Waals surface area (Å²) in [6, 6.07) is 5.18. The van der Waals surface area contributed by atoms with Gasteiger partial charge in [-0.25, -0.2) is 9.50 Å². The second-order valence-corrected chi connectivity index (χ2v) is 4.24. The first-order valence-electron chi connectivity index (χ1n) is 5.88. The number of hydrogen-bond acceptors (Lipinski definition) is 6. The van der Waals surface area contributed by atoms with Crippen molar-refractivity contribution in [2.75, 3.05) is 13.2 Å². The molecule has 0 radical (unpaired) electrons. The maximum atomic E-state index is 11.6. The average Bonchev–Trinajstić information content (AvgIpc) is 2.80. The molecule has 1 aliphatic rings. The van der Waals surface area contributed by atoms with Crippen LogP contribution >= 0.6 is 0 Å². The van der Waals surface area contributed by atoms with Crippen LogP contribution in [0.3, 0.4) is 0 Å². The molecular formula is C12H7N5O3. The van der Waals surface area contributed by atoms with Crippen molar-refractivity contribution in [3.05, 3.63) is 28.2 Å². The molecule has 1 aliphatic heterocycles. The van der Waals surface area contributed by atoms with E-state index in [1.165, 1.54) is 4.52 Å². The number of nitriles is 1. The Bertz CT molecular complexity index is 950. The van der Waals surface area contributed by atoms with Crippen molar-refractivity contribution in [2.45, 2.75) is 0 Å². The highest BCUT2D eigenvalue weighted by Gasteiger charge is 2.17. The van der Waals surface area contributed by atoms with Gasteiger partial charge in [0.25, 0.3) is 11.3 Å². The molecule has 1 N–H and O–H groups in total. The Balaban J connectivity index is 2.10. The first-order valence-corrected chi connectivity index (χ1v) is 5.88. The fourth-order valence-corrected chi connectivity index (χ4v) is 2.17. The summed E-state index contributed by atoms with van der Waals surface area (Å²) in [6.45, 7) is 0.960. The fourth-order valence-electron chi connectivity index (χ4n) is 2.17. The standard InChI is InChI=1S/C12H7N5O3/c13-5-7-11(18)16-17-8-4-10-9(19-1-2-20-10)3-6(8)14-12(17)15-7/h3-4H,1-2H2,(H,16,18). The van der Waals surface area contributed by atoms with E-state index < -0.39 is 5.56 Å². The van der Waals surface area contributed by atoms with Gasteiger partial charge in [0, 0.05) is 12.1 Å². The van der Waals surface area contributed by atoms with Crippen LogP contribution in [0.1, 0.15) is 5.69 Å². The van der Waals surface area contributed by atoms with Gasteiger partial charge in [-0.1, -0.05) is 0 Å². The van der Waals surface area contributed by atoms with Crippen LogP contribution in [0, 0.1) is 11.3 Å². The molecule has 0 atom stereocenters. The predicted molar refractivity (Wildman–Crippen MR) is 66.8 cm³/mol. The molecule has 98 valence electrons. The Morgan fingerprint density at radius 3 is 2.75 bits per heavy atom.